The van der Waals surface area contributed by atoms with E-state index in [1.54, 1.807) is 26.4 Å². The maximum absolute atomic E-state index is 13.1. The van der Waals surface area contributed by atoms with Crippen LogP contribution in [0.4, 0.5) is 0 Å². The van der Waals surface area contributed by atoms with Crippen LogP contribution < -0.4 is 18.9 Å². The Bertz CT molecular complexity index is 1170. The van der Waals surface area contributed by atoms with E-state index in [4.69, 9.17) is 23.4 Å². The van der Waals surface area contributed by atoms with Crippen molar-refractivity contribution in [2.45, 2.75) is 24.1 Å². The summed E-state index contributed by atoms with van der Waals surface area (Å²) in [6.45, 7) is 0.891. The number of fused-ring (bicyclic) bond motifs is 1. The second kappa shape index (κ2) is 9.22. The smallest absolute Gasteiger partial charge is 0.277 e. The summed E-state index contributed by atoms with van der Waals surface area (Å²) in [5.41, 5.74) is 1.69. The minimum atomic E-state index is -0.0602. The van der Waals surface area contributed by atoms with Gasteiger partial charge in [0.15, 0.2) is 11.5 Å². The lowest BCUT2D eigenvalue weighted by molar-refractivity contribution is -0.129. The zero-order valence-corrected chi connectivity index (χ0v) is 19.1. The molecule has 2 aromatic carbocycles. The van der Waals surface area contributed by atoms with Gasteiger partial charge in [0.1, 0.15) is 11.5 Å². The van der Waals surface area contributed by atoms with Crippen molar-refractivity contribution >= 4 is 17.7 Å². The molecule has 2 aliphatic rings. The van der Waals surface area contributed by atoms with Gasteiger partial charge in [-0.2, -0.15) is 0 Å². The molecule has 0 radical (unpaired) electrons. The Kier molecular flexibility index (Phi) is 5.99. The molecular formula is C23H23N3O6S. The van der Waals surface area contributed by atoms with Crippen molar-refractivity contribution in [3.8, 4) is 34.5 Å². The van der Waals surface area contributed by atoms with E-state index >= 15 is 0 Å². The normalized spacial score (nSPS) is 16.8. The Morgan fingerprint density at radius 2 is 2.00 bits per heavy atom. The topological polar surface area (TPSA) is 96.2 Å². The molecule has 1 unspecified atom stereocenters. The molecule has 1 aromatic heterocycles. The van der Waals surface area contributed by atoms with Gasteiger partial charge in [-0.05, 0) is 49.2 Å². The molecule has 5 rings (SSSR count). The predicted octanol–water partition coefficient (Wildman–Crippen LogP) is 3.94. The number of nitrogens with zero attached hydrogens (tertiary/aromatic N) is 3. The van der Waals surface area contributed by atoms with Gasteiger partial charge in [0.25, 0.3) is 5.22 Å². The van der Waals surface area contributed by atoms with E-state index in [0.717, 1.165) is 35.5 Å². The van der Waals surface area contributed by atoms with E-state index in [9.17, 15) is 4.79 Å². The van der Waals surface area contributed by atoms with E-state index < -0.39 is 0 Å². The van der Waals surface area contributed by atoms with Crippen molar-refractivity contribution in [2.75, 3.05) is 33.3 Å². The third-order valence-electron chi connectivity index (χ3n) is 5.71. The van der Waals surface area contributed by atoms with Gasteiger partial charge >= 0.3 is 0 Å². The standard InChI is InChI=1S/C23H23N3O6S/c1-28-15-6-8-18(29-2)16(11-15)17-4-3-9-26(17)21(27)12-33-23-25-24-22(32-23)14-5-7-19-20(10-14)31-13-30-19/h5-8,10-11,17H,3-4,9,12-13H2,1-2H3. The number of hydrogen-bond acceptors (Lipinski definition) is 9. The van der Waals surface area contributed by atoms with Gasteiger partial charge in [-0.1, -0.05) is 11.8 Å². The monoisotopic (exact) mass is 469 g/mol. The molecular weight excluding hydrogens is 446 g/mol. The van der Waals surface area contributed by atoms with Gasteiger partial charge in [0, 0.05) is 17.7 Å². The minimum absolute atomic E-state index is 0.00945. The number of amides is 1. The molecule has 9 nitrogen and oxygen atoms in total. The van der Waals surface area contributed by atoms with Crippen LogP contribution in [0.25, 0.3) is 11.5 Å². The van der Waals surface area contributed by atoms with Crippen LogP contribution in [0.1, 0.15) is 24.4 Å². The highest BCUT2D eigenvalue weighted by atomic mass is 32.2. The Labute approximate surface area is 195 Å². The summed E-state index contributed by atoms with van der Waals surface area (Å²) in [6, 6.07) is 11.0. The van der Waals surface area contributed by atoms with E-state index in [-0.39, 0.29) is 24.5 Å². The Morgan fingerprint density at radius 3 is 2.85 bits per heavy atom. The first-order valence-electron chi connectivity index (χ1n) is 10.5. The minimum Gasteiger partial charge on any atom is -0.497 e. The highest BCUT2D eigenvalue weighted by molar-refractivity contribution is 7.99. The third kappa shape index (κ3) is 4.30. The number of likely N-dealkylation sites (tertiary alicyclic amines) is 1. The fraction of sp³-hybridized carbons (Fsp3) is 0.348. The number of aromatic nitrogens is 2. The molecule has 0 bridgehead atoms. The quantitative estimate of drug-likeness (QED) is 0.477. The van der Waals surface area contributed by atoms with E-state index in [1.807, 2.05) is 29.2 Å². The van der Waals surface area contributed by atoms with Crippen molar-refractivity contribution in [2.24, 2.45) is 0 Å². The van der Waals surface area contributed by atoms with Crippen LogP contribution in [0, 0.1) is 0 Å². The maximum Gasteiger partial charge on any atom is 0.277 e. The number of carbonyl (C=O) groups is 1. The lowest BCUT2D eigenvalue weighted by atomic mass is 10.0. The number of methoxy groups -OCH3 is 2. The molecule has 172 valence electrons. The molecule has 1 saturated heterocycles. The van der Waals surface area contributed by atoms with Crippen LogP contribution in [0.5, 0.6) is 23.0 Å². The number of thioether (sulfide) groups is 1. The van der Waals surface area contributed by atoms with Crippen molar-refractivity contribution in [3.63, 3.8) is 0 Å². The number of benzene rings is 2. The first kappa shape index (κ1) is 21.4. The fourth-order valence-electron chi connectivity index (χ4n) is 4.11. The molecule has 1 fully saturated rings. The van der Waals surface area contributed by atoms with Crippen molar-refractivity contribution in [3.05, 3.63) is 42.0 Å². The van der Waals surface area contributed by atoms with Gasteiger partial charge in [0.05, 0.1) is 26.0 Å². The molecule has 33 heavy (non-hydrogen) atoms. The number of carbonyl (C=O) groups excluding carboxylic acids is 1. The van der Waals surface area contributed by atoms with Crippen molar-refractivity contribution in [1.82, 2.24) is 15.1 Å². The maximum atomic E-state index is 13.1. The Hall–Kier alpha value is -3.40. The van der Waals surface area contributed by atoms with E-state index in [1.165, 1.54) is 11.8 Å². The van der Waals surface area contributed by atoms with Gasteiger partial charge in [-0.15, -0.1) is 10.2 Å². The largest absolute Gasteiger partial charge is 0.497 e. The summed E-state index contributed by atoms with van der Waals surface area (Å²) in [5, 5.41) is 8.52. The van der Waals surface area contributed by atoms with Crippen LogP contribution in [0.3, 0.4) is 0 Å². The first-order valence-corrected chi connectivity index (χ1v) is 11.5. The highest BCUT2D eigenvalue weighted by Gasteiger charge is 2.32. The molecule has 1 amide bonds. The predicted molar refractivity (Wildman–Crippen MR) is 120 cm³/mol. The zero-order chi connectivity index (χ0) is 22.8. The lowest BCUT2D eigenvalue weighted by Gasteiger charge is -2.26. The van der Waals surface area contributed by atoms with Crippen LogP contribution in [0.15, 0.2) is 46.0 Å². The van der Waals surface area contributed by atoms with Gasteiger partial charge in [-0.25, -0.2) is 0 Å². The SMILES string of the molecule is COc1ccc(OC)c(C2CCCN2C(=O)CSc2nnc(-c3ccc4c(c3)OCO4)o2)c1. The van der Waals surface area contributed by atoms with Crippen molar-refractivity contribution < 1.29 is 28.2 Å². The Morgan fingerprint density at radius 1 is 1.12 bits per heavy atom. The summed E-state index contributed by atoms with van der Waals surface area (Å²) in [5.74, 6) is 3.39. The second-order valence-corrected chi connectivity index (χ2v) is 8.51. The van der Waals surface area contributed by atoms with Gasteiger partial charge < -0.3 is 28.3 Å². The van der Waals surface area contributed by atoms with Crippen LogP contribution in [-0.2, 0) is 4.79 Å². The summed E-state index contributed by atoms with van der Waals surface area (Å²) in [6.07, 6.45) is 1.80. The molecule has 0 saturated carbocycles. The molecule has 0 spiro atoms. The molecule has 1 atom stereocenters. The van der Waals surface area contributed by atoms with Crippen LogP contribution in [0.2, 0.25) is 0 Å². The fourth-order valence-corrected chi connectivity index (χ4v) is 4.76. The molecule has 2 aliphatic heterocycles. The number of ether oxygens (including phenoxy) is 4. The summed E-state index contributed by atoms with van der Waals surface area (Å²) in [4.78, 5) is 15.0. The number of hydrogen-bond donors (Lipinski definition) is 0. The lowest BCUT2D eigenvalue weighted by Crippen LogP contribution is -2.32. The summed E-state index contributed by atoms with van der Waals surface area (Å²) < 4.78 is 27.4. The summed E-state index contributed by atoms with van der Waals surface area (Å²) >= 11 is 1.23. The molecule has 0 N–H and O–H groups in total. The molecule has 3 aromatic rings. The number of rotatable bonds is 7. The first-order chi connectivity index (χ1) is 16.2. The Balaban J connectivity index is 1.26. The zero-order valence-electron chi connectivity index (χ0n) is 18.3. The third-order valence-corrected chi connectivity index (χ3v) is 6.52. The van der Waals surface area contributed by atoms with E-state index in [2.05, 4.69) is 10.2 Å². The van der Waals surface area contributed by atoms with Crippen LogP contribution in [-0.4, -0.2) is 54.3 Å². The average Bonchev–Trinajstić information content (AvgIpc) is 3.61. The van der Waals surface area contributed by atoms with E-state index in [0.29, 0.717) is 29.2 Å². The van der Waals surface area contributed by atoms with Crippen molar-refractivity contribution in [1.29, 1.82) is 0 Å². The highest BCUT2D eigenvalue weighted by Crippen LogP contribution is 2.40. The summed E-state index contributed by atoms with van der Waals surface area (Å²) in [7, 11) is 3.26. The second-order valence-electron chi connectivity index (χ2n) is 7.58. The van der Waals surface area contributed by atoms with Crippen LogP contribution >= 0.6 is 11.8 Å². The van der Waals surface area contributed by atoms with Gasteiger partial charge in [0.2, 0.25) is 18.6 Å². The van der Waals surface area contributed by atoms with Gasteiger partial charge in [-0.3, -0.25) is 4.79 Å². The average molecular weight is 470 g/mol. The molecule has 3 heterocycles. The molecule has 0 aliphatic carbocycles. The molecule has 10 heteroatoms.